The molecule has 0 aliphatic carbocycles. The Labute approximate surface area is 155 Å². The Bertz CT molecular complexity index is 964. The minimum atomic E-state index is -0.337. The number of benzene rings is 1. The van der Waals surface area contributed by atoms with Crippen molar-refractivity contribution in [2.45, 2.75) is 19.8 Å². The third-order valence-corrected chi connectivity index (χ3v) is 4.85. The first-order valence-electron chi connectivity index (χ1n) is 9.07. The number of anilines is 2. The molecule has 0 amide bonds. The van der Waals surface area contributed by atoms with E-state index in [-0.39, 0.29) is 11.6 Å². The van der Waals surface area contributed by atoms with E-state index >= 15 is 0 Å². The van der Waals surface area contributed by atoms with Crippen molar-refractivity contribution < 1.29 is 8.78 Å². The highest BCUT2D eigenvalue weighted by molar-refractivity contribution is 5.89. The normalized spacial score (nSPS) is 15.2. The van der Waals surface area contributed by atoms with E-state index in [4.69, 9.17) is 0 Å². The molecule has 1 aliphatic rings. The van der Waals surface area contributed by atoms with Crippen LogP contribution in [0.25, 0.3) is 10.9 Å². The van der Waals surface area contributed by atoms with Crippen molar-refractivity contribution in [1.29, 1.82) is 0 Å². The first-order valence-corrected chi connectivity index (χ1v) is 9.07. The predicted molar refractivity (Wildman–Crippen MR) is 99.9 cm³/mol. The molecule has 4 rings (SSSR count). The van der Waals surface area contributed by atoms with Crippen molar-refractivity contribution in [3.8, 4) is 0 Å². The van der Waals surface area contributed by atoms with Crippen LogP contribution in [0.5, 0.6) is 0 Å². The van der Waals surface area contributed by atoms with Crippen LogP contribution >= 0.6 is 0 Å². The summed E-state index contributed by atoms with van der Waals surface area (Å²) in [6.07, 6.45) is 4.24. The average Bonchev–Trinajstić information content (AvgIpc) is 2.93. The summed E-state index contributed by atoms with van der Waals surface area (Å²) in [6, 6.07) is 4.54. The zero-order chi connectivity index (χ0) is 18.8. The number of halogens is 2. The Hall–Kier alpha value is -2.90. The maximum absolute atomic E-state index is 14.6. The smallest absolute Gasteiger partial charge is 0.187 e. The van der Waals surface area contributed by atoms with Gasteiger partial charge in [-0.2, -0.15) is 0 Å². The highest BCUT2D eigenvalue weighted by Crippen LogP contribution is 2.26. The summed E-state index contributed by atoms with van der Waals surface area (Å²) in [5.74, 6) is 0.481. The topological polar surface area (TPSA) is 58.0 Å². The predicted octanol–water partition coefficient (Wildman–Crippen LogP) is 2.98. The van der Waals surface area contributed by atoms with Gasteiger partial charge in [0.1, 0.15) is 24.3 Å². The molecule has 0 spiro atoms. The van der Waals surface area contributed by atoms with Gasteiger partial charge in [-0.1, -0.05) is 6.92 Å². The number of rotatable bonds is 3. The molecule has 0 N–H and O–H groups in total. The van der Waals surface area contributed by atoms with Crippen molar-refractivity contribution in [1.82, 2.24) is 19.9 Å². The summed E-state index contributed by atoms with van der Waals surface area (Å²) < 4.78 is 28.1. The molecule has 140 valence electrons. The van der Waals surface area contributed by atoms with E-state index in [1.807, 2.05) is 11.8 Å². The van der Waals surface area contributed by atoms with E-state index in [1.54, 1.807) is 6.07 Å². The fourth-order valence-corrected chi connectivity index (χ4v) is 3.47. The van der Waals surface area contributed by atoms with E-state index in [2.05, 4.69) is 24.8 Å². The highest BCUT2D eigenvalue weighted by atomic mass is 19.1. The van der Waals surface area contributed by atoms with Crippen LogP contribution in [0.4, 0.5) is 20.4 Å². The van der Waals surface area contributed by atoms with Gasteiger partial charge < -0.3 is 9.80 Å². The second-order valence-corrected chi connectivity index (χ2v) is 6.50. The third kappa shape index (κ3) is 3.39. The first kappa shape index (κ1) is 17.5. The lowest BCUT2D eigenvalue weighted by atomic mass is 10.2. The molecule has 2 aromatic heterocycles. The quantitative estimate of drug-likeness (QED) is 0.707. The summed E-state index contributed by atoms with van der Waals surface area (Å²) in [5, 5.41) is 0.814. The molecular weight excluding hydrogens is 350 g/mol. The van der Waals surface area contributed by atoms with Crippen molar-refractivity contribution >= 4 is 22.5 Å². The van der Waals surface area contributed by atoms with Gasteiger partial charge in [0.15, 0.2) is 11.6 Å². The van der Waals surface area contributed by atoms with Gasteiger partial charge in [0.25, 0.3) is 0 Å². The van der Waals surface area contributed by atoms with Crippen molar-refractivity contribution in [3.63, 3.8) is 0 Å². The second-order valence-electron chi connectivity index (χ2n) is 6.50. The summed E-state index contributed by atoms with van der Waals surface area (Å²) in [4.78, 5) is 20.8. The van der Waals surface area contributed by atoms with Crippen LogP contribution in [0, 0.1) is 11.6 Å². The van der Waals surface area contributed by atoms with Gasteiger partial charge in [0.2, 0.25) is 0 Å². The summed E-state index contributed by atoms with van der Waals surface area (Å²) >= 11 is 0. The number of nitrogens with zero attached hydrogens (tertiary/aromatic N) is 6. The zero-order valence-electron chi connectivity index (χ0n) is 15.1. The van der Waals surface area contributed by atoms with Gasteiger partial charge >= 0.3 is 0 Å². The van der Waals surface area contributed by atoms with Gasteiger partial charge in [-0.25, -0.2) is 28.7 Å². The van der Waals surface area contributed by atoms with E-state index in [0.29, 0.717) is 43.1 Å². The lowest BCUT2D eigenvalue weighted by Crippen LogP contribution is -2.32. The second kappa shape index (κ2) is 7.38. The molecule has 3 heterocycles. The number of aromatic nitrogens is 4. The molecule has 0 unspecified atom stereocenters. The molecule has 0 bridgehead atoms. The van der Waals surface area contributed by atoms with E-state index in [9.17, 15) is 8.78 Å². The molecular formula is C19H20F2N6. The van der Waals surface area contributed by atoms with Crippen molar-refractivity contribution in [2.75, 3.05) is 36.0 Å². The number of fused-ring (bicyclic) bond motifs is 1. The van der Waals surface area contributed by atoms with Gasteiger partial charge in [0.05, 0.1) is 11.2 Å². The minimum Gasteiger partial charge on any atom is -0.354 e. The lowest BCUT2D eigenvalue weighted by Gasteiger charge is -2.24. The number of hydrogen-bond donors (Lipinski definition) is 0. The van der Waals surface area contributed by atoms with Crippen molar-refractivity contribution in [3.05, 3.63) is 48.2 Å². The van der Waals surface area contributed by atoms with E-state index < -0.39 is 0 Å². The largest absolute Gasteiger partial charge is 0.354 e. The molecule has 1 saturated heterocycles. The van der Waals surface area contributed by atoms with Gasteiger partial charge in [-0.3, -0.25) is 0 Å². The fourth-order valence-electron chi connectivity index (χ4n) is 3.47. The molecule has 0 radical (unpaired) electrons. The Kier molecular flexibility index (Phi) is 4.79. The van der Waals surface area contributed by atoms with Crippen LogP contribution in [-0.2, 0) is 6.42 Å². The monoisotopic (exact) mass is 370 g/mol. The maximum atomic E-state index is 14.6. The molecule has 27 heavy (non-hydrogen) atoms. The van der Waals surface area contributed by atoms with Gasteiger partial charge in [0, 0.05) is 37.6 Å². The van der Waals surface area contributed by atoms with Gasteiger partial charge in [-0.05, 0) is 25.0 Å². The summed E-state index contributed by atoms with van der Waals surface area (Å²) in [6.45, 7) is 4.62. The fraction of sp³-hybridized carbons (Fsp3) is 0.368. The molecule has 1 aromatic carbocycles. The number of hydrogen-bond acceptors (Lipinski definition) is 6. The van der Waals surface area contributed by atoms with Crippen molar-refractivity contribution in [2.24, 2.45) is 0 Å². The molecule has 8 heteroatoms. The van der Waals surface area contributed by atoms with Crippen LogP contribution in [0.3, 0.4) is 0 Å². The van der Waals surface area contributed by atoms with Gasteiger partial charge in [-0.15, -0.1) is 0 Å². The number of aryl methyl sites for hydroxylation is 1. The summed E-state index contributed by atoms with van der Waals surface area (Å²) in [7, 11) is 0. The van der Waals surface area contributed by atoms with Crippen LogP contribution in [0.15, 0.2) is 30.9 Å². The molecule has 6 nitrogen and oxygen atoms in total. The van der Waals surface area contributed by atoms with Crippen LogP contribution < -0.4 is 9.80 Å². The standard InChI is InChI=1S/C19H20F2N6/c1-2-15-17(21)19(25-11-22-15)27-7-3-6-26(8-9-27)18-14-5-4-13(20)10-16(14)23-12-24-18/h4-5,10-12H,2-3,6-9H2,1H3. The zero-order valence-corrected chi connectivity index (χ0v) is 15.1. The maximum Gasteiger partial charge on any atom is 0.187 e. The minimum absolute atomic E-state index is 0.319. The highest BCUT2D eigenvalue weighted by Gasteiger charge is 2.22. The molecule has 1 fully saturated rings. The molecule has 0 saturated carbocycles. The Morgan fingerprint density at radius 3 is 2.37 bits per heavy atom. The average molecular weight is 370 g/mol. The summed E-state index contributed by atoms with van der Waals surface area (Å²) in [5.41, 5.74) is 1.01. The Morgan fingerprint density at radius 2 is 1.59 bits per heavy atom. The first-order chi connectivity index (χ1) is 13.2. The van der Waals surface area contributed by atoms with Crippen LogP contribution in [0.1, 0.15) is 19.0 Å². The third-order valence-electron chi connectivity index (χ3n) is 4.85. The van der Waals surface area contributed by atoms with Crippen LogP contribution in [-0.4, -0.2) is 46.1 Å². The molecule has 1 aliphatic heterocycles. The molecule has 3 aromatic rings. The molecule has 0 atom stereocenters. The Balaban J connectivity index is 1.60. The SMILES string of the molecule is CCc1ncnc(N2CCCN(c3ncnc4cc(F)ccc34)CC2)c1F. The van der Waals surface area contributed by atoms with E-state index in [0.717, 1.165) is 24.2 Å². The lowest BCUT2D eigenvalue weighted by molar-refractivity contribution is 0.584. The van der Waals surface area contributed by atoms with E-state index in [1.165, 1.54) is 24.8 Å². The Morgan fingerprint density at radius 1 is 0.889 bits per heavy atom. The van der Waals surface area contributed by atoms with Crippen LogP contribution in [0.2, 0.25) is 0 Å².